The third-order valence-corrected chi connectivity index (χ3v) is 4.87. The van der Waals surface area contributed by atoms with Gasteiger partial charge in [0.25, 0.3) is 0 Å². The first kappa shape index (κ1) is 14.9. The van der Waals surface area contributed by atoms with Crippen molar-refractivity contribution in [2.24, 2.45) is 10.2 Å². The average molecular weight is 333 g/mol. The number of amidine groups is 1. The topological polar surface area (TPSA) is 53.8 Å². The molecule has 1 saturated heterocycles. The van der Waals surface area contributed by atoms with Crippen molar-refractivity contribution in [1.82, 2.24) is 5.32 Å². The Morgan fingerprint density at radius 3 is 2.82 bits per heavy atom. The van der Waals surface area contributed by atoms with Crippen molar-refractivity contribution in [2.75, 3.05) is 0 Å². The minimum Gasteiger partial charge on any atom is -0.303 e. The lowest BCUT2D eigenvalue weighted by molar-refractivity contribution is -0.118. The molecule has 1 aromatic carbocycles. The standard InChI is InChI=1S/C15H12FN3OS2/c16-11-5-3-10(4-6-11)8-13-14(20)18-15(22-13)19-17-9-12-2-1-7-21-12/h1-7,9,13H,8H2,(H,18,19,20)/b17-9+. The first-order valence-electron chi connectivity index (χ1n) is 6.57. The van der Waals surface area contributed by atoms with Gasteiger partial charge in [-0.1, -0.05) is 30.0 Å². The number of thiophene rings is 1. The molecule has 0 saturated carbocycles. The molecule has 22 heavy (non-hydrogen) atoms. The first-order chi connectivity index (χ1) is 10.7. The number of benzene rings is 1. The number of nitrogens with one attached hydrogen (secondary N) is 1. The SMILES string of the molecule is O=C1N/C(=N/N=C/c2cccs2)SC1Cc1ccc(F)cc1. The van der Waals surface area contributed by atoms with E-state index in [2.05, 4.69) is 15.5 Å². The first-order valence-corrected chi connectivity index (χ1v) is 8.33. The average Bonchev–Trinajstić information content (AvgIpc) is 3.12. The molecule has 0 aliphatic carbocycles. The van der Waals surface area contributed by atoms with Crippen molar-refractivity contribution in [3.05, 3.63) is 58.0 Å². The summed E-state index contributed by atoms with van der Waals surface area (Å²) in [5.41, 5.74) is 0.914. The highest BCUT2D eigenvalue weighted by atomic mass is 32.2. The van der Waals surface area contributed by atoms with Crippen LogP contribution in [-0.2, 0) is 11.2 Å². The highest BCUT2D eigenvalue weighted by molar-refractivity contribution is 8.15. The largest absolute Gasteiger partial charge is 0.303 e. The molecule has 4 nitrogen and oxygen atoms in total. The van der Waals surface area contributed by atoms with Crippen molar-refractivity contribution in [3.8, 4) is 0 Å². The number of halogens is 1. The molecule has 2 aromatic rings. The Morgan fingerprint density at radius 1 is 1.27 bits per heavy atom. The third-order valence-electron chi connectivity index (χ3n) is 2.99. The van der Waals surface area contributed by atoms with Gasteiger partial charge in [0.05, 0.1) is 11.5 Å². The molecule has 1 unspecified atom stereocenters. The maximum atomic E-state index is 12.9. The molecule has 0 bridgehead atoms. The van der Waals surface area contributed by atoms with Crippen molar-refractivity contribution in [2.45, 2.75) is 11.7 Å². The van der Waals surface area contributed by atoms with E-state index in [9.17, 15) is 9.18 Å². The van der Waals surface area contributed by atoms with E-state index in [-0.39, 0.29) is 17.0 Å². The fourth-order valence-corrected chi connectivity index (χ4v) is 3.47. The fourth-order valence-electron chi connectivity index (χ4n) is 1.92. The summed E-state index contributed by atoms with van der Waals surface area (Å²) in [4.78, 5) is 12.9. The molecule has 3 rings (SSSR count). The van der Waals surface area contributed by atoms with Crippen molar-refractivity contribution >= 4 is 40.4 Å². The Bertz CT molecular complexity index is 711. The summed E-state index contributed by atoms with van der Waals surface area (Å²) >= 11 is 2.91. The number of rotatable bonds is 4. The van der Waals surface area contributed by atoms with E-state index in [1.807, 2.05) is 17.5 Å². The van der Waals surface area contributed by atoms with Crippen LogP contribution in [0.3, 0.4) is 0 Å². The van der Waals surface area contributed by atoms with E-state index in [0.29, 0.717) is 11.6 Å². The predicted octanol–water partition coefficient (Wildman–Crippen LogP) is 3.05. The van der Waals surface area contributed by atoms with E-state index >= 15 is 0 Å². The van der Waals surface area contributed by atoms with Crippen LogP contribution in [0.15, 0.2) is 52.0 Å². The molecular weight excluding hydrogens is 321 g/mol. The molecule has 1 N–H and O–H groups in total. The number of nitrogens with zero attached hydrogens (tertiary/aromatic N) is 2. The van der Waals surface area contributed by atoms with Gasteiger partial charge in [-0.05, 0) is 35.6 Å². The molecule has 1 atom stereocenters. The van der Waals surface area contributed by atoms with E-state index in [1.54, 1.807) is 29.7 Å². The van der Waals surface area contributed by atoms with Crippen LogP contribution >= 0.6 is 23.1 Å². The molecule has 1 aliphatic rings. The Labute approximate surface area is 135 Å². The summed E-state index contributed by atoms with van der Waals surface area (Å²) in [6.07, 6.45) is 2.18. The van der Waals surface area contributed by atoms with Gasteiger partial charge in [0, 0.05) is 4.88 Å². The van der Waals surface area contributed by atoms with Gasteiger partial charge in [-0.2, -0.15) is 5.10 Å². The van der Waals surface area contributed by atoms with Gasteiger partial charge >= 0.3 is 0 Å². The predicted molar refractivity (Wildman–Crippen MR) is 89.0 cm³/mol. The zero-order chi connectivity index (χ0) is 15.4. The van der Waals surface area contributed by atoms with Crippen LogP contribution < -0.4 is 5.32 Å². The molecule has 0 spiro atoms. The molecule has 1 fully saturated rings. The normalized spacial score (nSPS) is 20.0. The second kappa shape index (κ2) is 6.85. The van der Waals surface area contributed by atoms with Gasteiger partial charge in [-0.25, -0.2) is 4.39 Å². The zero-order valence-corrected chi connectivity index (χ0v) is 13.0. The molecular formula is C15H12FN3OS2. The third kappa shape index (κ3) is 3.80. The Balaban J connectivity index is 1.61. The second-order valence-corrected chi connectivity index (χ2v) is 6.76. The molecule has 1 aromatic heterocycles. The summed E-state index contributed by atoms with van der Waals surface area (Å²) < 4.78 is 12.9. The lowest BCUT2D eigenvalue weighted by Crippen LogP contribution is -2.25. The Morgan fingerprint density at radius 2 is 2.09 bits per heavy atom. The molecule has 1 aliphatic heterocycles. The monoisotopic (exact) mass is 333 g/mol. The number of amides is 1. The minimum absolute atomic E-state index is 0.0978. The maximum Gasteiger partial charge on any atom is 0.239 e. The highest BCUT2D eigenvalue weighted by Crippen LogP contribution is 2.23. The van der Waals surface area contributed by atoms with Gasteiger partial charge in [0.1, 0.15) is 5.82 Å². The lowest BCUT2D eigenvalue weighted by atomic mass is 10.1. The summed E-state index contributed by atoms with van der Waals surface area (Å²) in [6.45, 7) is 0. The number of carbonyl (C=O) groups is 1. The van der Waals surface area contributed by atoms with Gasteiger partial charge in [0.15, 0.2) is 5.17 Å². The van der Waals surface area contributed by atoms with Crippen molar-refractivity contribution in [3.63, 3.8) is 0 Å². The molecule has 112 valence electrons. The van der Waals surface area contributed by atoms with Gasteiger partial charge in [0.2, 0.25) is 5.91 Å². The van der Waals surface area contributed by atoms with Crippen LogP contribution in [0.5, 0.6) is 0 Å². The quantitative estimate of drug-likeness (QED) is 0.691. The number of thioether (sulfide) groups is 1. The van der Waals surface area contributed by atoms with E-state index in [1.165, 1.54) is 23.9 Å². The Kier molecular flexibility index (Phi) is 4.65. The van der Waals surface area contributed by atoms with Crippen LogP contribution in [0.2, 0.25) is 0 Å². The highest BCUT2D eigenvalue weighted by Gasteiger charge is 2.30. The van der Waals surface area contributed by atoms with E-state index < -0.39 is 0 Å². The number of carbonyl (C=O) groups excluding carboxylic acids is 1. The van der Waals surface area contributed by atoms with E-state index in [0.717, 1.165) is 10.4 Å². The Hall–Kier alpha value is -1.99. The minimum atomic E-state index is -0.280. The fraction of sp³-hybridized carbons (Fsp3) is 0.133. The van der Waals surface area contributed by atoms with Crippen LogP contribution in [0.1, 0.15) is 10.4 Å². The van der Waals surface area contributed by atoms with Crippen LogP contribution in [0.25, 0.3) is 0 Å². The summed E-state index contributed by atoms with van der Waals surface area (Å²) in [7, 11) is 0. The van der Waals surface area contributed by atoms with Gasteiger partial charge in [-0.15, -0.1) is 16.4 Å². The smallest absolute Gasteiger partial charge is 0.239 e. The maximum absolute atomic E-state index is 12.9. The second-order valence-electron chi connectivity index (χ2n) is 4.59. The van der Waals surface area contributed by atoms with Crippen LogP contribution in [0, 0.1) is 5.82 Å². The zero-order valence-electron chi connectivity index (χ0n) is 11.4. The van der Waals surface area contributed by atoms with Crippen LogP contribution in [-0.4, -0.2) is 22.5 Å². The summed E-state index contributed by atoms with van der Waals surface area (Å²) in [5.74, 6) is -0.378. The van der Waals surface area contributed by atoms with Crippen LogP contribution in [0.4, 0.5) is 4.39 Å². The summed E-state index contributed by atoms with van der Waals surface area (Å²) in [6, 6.07) is 10.0. The lowest BCUT2D eigenvalue weighted by Gasteiger charge is -2.04. The van der Waals surface area contributed by atoms with Gasteiger partial charge in [-0.3, -0.25) is 4.79 Å². The summed E-state index contributed by atoms with van der Waals surface area (Å²) in [5, 5.41) is 12.9. The van der Waals surface area contributed by atoms with Gasteiger partial charge < -0.3 is 5.32 Å². The molecule has 7 heteroatoms. The van der Waals surface area contributed by atoms with Crippen molar-refractivity contribution < 1.29 is 9.18 Å². The van der Waals surface area contributed by atoms with E-state index in [4.69, 9.17) is 0 Å². The van der Waals surface area contributed by atoms with Crippen molar-refractivity contribution in [1.29, 1.82) is 0 Å². The number of hydrogen-bond donors (Lipinski definition) is 1. The molecule has 0 radical (unpaired) electrons. The molecule has 2 heterocycles. The number of hydrogen-bond acceptors (Lipinski definition) is 5. The molecule has 1 amide bonds.